The molecule has 3 rings (SSSR count). The maximum absolute atomic E-state index is 6.10. The summed E-state index contributed by atoms with van der Waals surface area (Å²) >= 11 is 19.7. The number of nitrogens with zero attached hydrogens (tertiary/aromatic N) is 3. The monoisotopic (exact) mass is 345 g/mol. The number of rotatable bonds is 3. The first-order valence-electron chi connectivity index (χ1n) is 5.89. The van der Waals surface area contributed by atoms with Gasteiger partial charge in [0.1, 0.15) is 10.8 Å². The first kappa shape index (κ1) is 14.1. The van der Waals surface area contributed by atoms with Crippen LogP contribution in [0.4, 0.5) is 0 Å². The molecular weight excluding hydrogens is 337 g/mol. The third-order valence-corrected chi connectivity index (χ3v) is 4.86. The molecular formula is C13H10Cl3N3S. The smallest absolute Gasteiger partial charge is 0.125 e. The second-order valence-electron chi connectivity index (χ2n) is 4.39. The molecule has 0 atom stereocenters. The van der Waals surface area contributed by atoms with Gasteiger partial charge in [-0.05, 0) is 19.1 Å². The van der Waals surface area contributed by atoms with E-state index in [1.54, 1.807) is 17.4 Å². The Bertz CT molecular complexity index is 779. The summed E-state index contributed by atoms with van der Waals surface area (Å²) < 4.78 is 2.03. The van der Waals surface area contributed by atoms with Gasteiger partial charge in [-0.3, -0.25) is 0 Å². The molecule has 0 fully saturated rings. The van der Waals surface area contributed by atoms with E-state index in [-0.39, 0.29) is 0 Å². The van der Waals surface area contributed by atoms with Crippen molar-refractivity contribution in [2.45, 2.75) is 19.3 Å². The molecule has 0 bridgehead atoms. The Morgan fingerprint density at radius 2 is 1.95 bits per heavy atom. The fraction of sp³-hybridized carbons (Fsp3) is 0.231. The predicted molar refractivity (Wildman–Crippen MR) is 85.3 cm³/mol. The van der Waals surface area contributed by atoms with Gasteiger partial charge in [0.2, 0.25) is 0 Å². The standard InChI is InChI=1S/C13H10Cl3N3S/c1-7-6-20-13(17-7)5-19-11-3-9(16)8(15)2-10(11)18-12(19)4-14/h2-3,6H,4-5H2,1H3. The molecule has 0 aliphatic heterocycles. The first-order valence-corrected chi connectivity index (χ1v) is 8.06. The van der Waals surface area contributed by atoms with E-state index < -0.39 is 0 Å². The third-order valence-electron chi connectivity index (χ3n) is 2.95. The molecule has 0 aliphatic carbocycles. The molecule has 7 heteroatoms. The van der Waals surface area contributed by atoms with Crippen molar-refractivity contribution >= 4 is 57.2 Å². The van der Waals surface area contributed by atoms with Crippen LogP contribution in [0.25, 0.3) is 11.0 Å². The van der Waals surface area contributed by atoms with Crippen molar-refractivity contribution in [3.63, 3.8) is 0 Å². The van der Waals surface area contributed by atoms with Gasteiger partial charge in [0.15, 0.2) is 0 Å². The van der Waals surface area contributed by atoms with E-state index in [4.69, 9.17) is 34.8 Å². The molecule has 0 N–H and O–H groups in total. The summed E-state index contributed by atoms with van der Waals surface area (Å²) in [5, 5.41) is 4.05. The summed E-state index contributed by atoms with van der Waals surface area (Å²) in [6, 6.07) is 3.58. The van der Waals surface area contributed by atoms with E-state index in [1.807, 2.05) is 22.9 Å². The lowest BCUT2D eigenvalue weighted by Gasteiger charge is -2.05. The number of aryl methyl sites for hydroxylation is 1. The summed E-state index contributed by atoms with van der Waals surface area (Å²) in [5.41, 5.74) is 2.73. The number of hydrogen-bond acceptors (Lipinski definition) is 3. The van der Waals surface area contributed by atoms with Crippen molar-refractivity contribution in [3.05, 3.63) is 44.1 Å². The number of aromatic nitrogens is 3. The fourth-order valence-electron chi connectivity index (χ4n) is 2.06. The van der Waals surface area contributed by atoms with Crippen LogP contribution in [-0.2, 0) is 12.4 Å². The van der Waals surface area contributed by atoms with Crippen molar-refractivity contribution < 1.29 is 0 Å². The Balaban J connectivity index is 2.14. The van der Waals surface area contributed by atoms with Gasteiger partial charge in [0.25, 0.3) is 0 Å². The second-order valence-corrected chi connectivity index (χ2v) is 6.41. The lowest BCUT2D eigenvalue weighted by atomic mass is 10.3. The predicted octanol–water partition coefficient (Wildman–Crippen LogP) is 4.90. The van der Waals surface area contributed by atoms with Crippen molar-refractivity contribution in [2.75, 3.05) is 0 Å². The van der Waals surface area contributed by atoms with Gasteiger partial charge >= 0.3 is 0 Å². The topological polar surface area (TPSA) is 30.7 Å². The number of imidazole rings is 1. The third kappa shape index (κ3) is 2.53. The number of alkyl halides is 1. The maximum Gasteiger partial charge on any atom is 0.125 e. The van der Waals surface area contributed by atoms with Crippen LogP contribution in [0.5, 0.6) is 0 Å². The minimum Gasteiger partial charge on any atom is -0.320 e. The van der Waals surface area contributed by atoms with Gasteiger partial charge in [0.05, 0.1) is 33.5 Å². The highest BCUT2D eigenvalue weighted by molar-refractivity contribution is 7.09. The van der Waals surface area contributed by atoms with Crippen molar-refractivity contribution in [1.82, 2.24) is 14.5 Å². The Morgan fingerprint density at radius 3 is 2.60 bits per heavy atom. The highest BCUT2D eigenvalue weighted by Crippen LogP contribution is 2.29. The quantitative estimate of drug-likeness (QED) is 0.632. The summed E-state index contributed by atoms with van der Waals surface area (Å²) in [6.45, 7) is 2.61. The van der Waals surface area contributed by atoms with Crippen LogP contribution in [0, 0.1) is 6.92 Å². The van der Waals surface area contributed by atoms with Crippen LogP contribution in [-0.4, -0.2) is 14.5 Å². The summed E-state index contributed by atoms with van der Waals surface area (Å²) in [7, 11) is 0. The van der Waals surface area contributed by atoms with E-state index in [0.29, 0.717) is 22.5 Å². The van der Waals surface area contributed by atoms with Crippen LogP contribution < -0.4 is 0 Å². The lowest BCUT2D eigenvalue weighted by Crippen LogP contribution is -2.03. The highest BCUT2D eigenvalue weighted by Gasteiger charge is 2.14. The Kier molecular flexibility index (Phi) is 3.91. The molecule has 0 spiro atoms. The lowest BCUT2D eigenvalue weighted by molar-refractivity contribution is 0.771. The maximum atomic E-state index is 6.10. The van der Waals surface area contributed by atoms with Gasteiger partial charge in [0, 0.05) is 11.1 Å². The van der Waals surface area contributed by atoms with Crippen LogP contribution in [0.1, 0.15) is 16.5 Å². The van der Waals surface area contributed by atoms with E-state index in [2.05, 4.69) is 9.97 Å². The number of hydrogen-bond donors (Lipinski definition) is 0. The van der Waals surface area contributed by atoms with Crippen molar-refractivity contribution in [2.24, 2.45) is 0 Å². The average Bonchev–Trinajstić information content (AvgIpc) is 2.96. The number of halogens is 3. The highest BCUT2D eigenvalue weighted by atomic mass is 35.5. The Morgan fingerprint density at radius 1 is 1.20 bits per heavy atom. The molecule has 0 unspecified atom stereocenters. The summed E-state index contributed by atoms with van der Waals surface area (Å²) in [5.74, 6) is 1.11. The van der Waals surface area contributed by atoms with Gasteiger partial charge in [-0.15, -0.1) is 22.9 Å². The van der Waals surface area contributed by atoms with E-state index in [0.717, 1.165) is 27.6 Å². The number of benzene rings is 1. The SMILES string of the molecule is Cc1csc(Cn2c(CCl)nc3cc(Cl)c(Cl)cc32)n1. The van der Waals surface area contributed by atoms with Gasteiger partial charge in [-0.2, -0.15) is 0 Å². The van der Waals surface area contributed by atoms with Gasteiger partial charge < -0.3 is 4.57 Å². The number of thiazole rings is 1. The van der Waals surface area contributed by atoms with E-state index in [9.17, 15) is 0 Å². The molecule has 20 heavy (non-hydrogen) atoms. The van der Waals surface area contributed by atoms with E-state index >= 15 is 0 Å². The molecule has 2 heterocycles. The minimum absolute atomic E-state index is 0.328. The van der Waals surface area contributed by atoms with Crippen LogP contribution >= 0.6 is 46.1 Å². The molecule has 3 nitrogen and oxygen atoms in total. The first-order chi connectivity index (χ1) is 9.58. The zero-order valence-corrected chi connectivity index (χ0v) is 13.6. The molecule has 0 radical (unpaired) electrons. The fourth-order valence-corrected chi connectivity index (χ4v) is 3.34. The summed E-state index contributed by atoms with van der Waals surface area (Å²) in [6.07, 6.45) is 0. The van der Waals surface area contributed by atoms with Gasteiger partial charge in [-0.25, -0.2) is 9.97 Å². The normalized spacial score (nSPS) is 11.4. The van der Waals surface area contributed by atoms with Crippen molar-refractivity contribution in [3.8, 4) is 0 Å². The van der Waals surface area contributed by atoms with Crippen LogP contribution in [0.15, 0.2) is 17.5 Å². The molecule has 3 aromatic rings. The summed E-state index contributed by atoms with van der Waals surface area (Å²) in [4.78, 5) is 8.98. The zero-order chi connectivity index (χ0) is 14.3. The average molecular weight is 347 g/mol. The van der Waals surface area contributed by atoms with Crippen molar-refractivity contribution in [1.29, 1.82) is 0 Å². The van der Waals surface area contributed by atoms with E-state index in [1.165, 1.54) is 0 Å². The molecule has 104 valence electrons. The largest absolute Gasteiger partial charge is 0.320 e. The zero-order valence-electron chi connectivity index (χ0n) is 10.5. The molecule has 0 amide bonds. The molecule has 0 saturated carbocycles. The number of fused-ring (bicyclic) bond motifs is 1. The second kappa shape index (κ2) is 5.53. The Hall–Kier alpha value is -0.810. The molecule has 0 saturated heterocycles. The van der Waals surface area contributed by atoms with Crippen LogP contribution in [0.3, 0.4) is 0 Å². The van der Waals surface area contributed by atoms with Crippen LogP contribution in [0.2, 0.25) is 10.0 Å². The molecule has 0 aliphatic rings. The van der Waals surface area contributed by atoms with Gasteiger partial charge in [-0.1, -0.05) is 23.2 Å². The Labute approximate surface area is 135 Å². The molecule has 2 aromatic heterocycles. The molecule has 1 aromatic carbocycles. The minimum atomic E-state index is 0.328.